The van der Waals surface area contributed by atoms with E-state index in [0.717, 1.165) is 34.7 Å². The highest BCUT2D eigenvalue weighted by Crippen LogP contribution is 2.44. The Morgan fingerprint density at radius 3 is 3.11 bits per heavy atom. The maximum absolute atomic E-state index is 11.5. The molecule has 2 N–H and O–H groups in total. The van der Waals surface area contributed by atoms with E-state index in [4.69, 9.17) is 0 Å². The molecular weight excluding hydrogens is 262 g/mol. The second-order valence-corrected chi connectivity index (χ2v) is 6.25. The second-order valence-electron chi connectivity index (χ2n) is 5.37. The molecule has 0 saturated carbocycles. The van der Waals surface area contributed by atoms with Crippen molar-refractivity contribution in [2.24, 2.45) is 10.5 Å². The van der Waals surface area contributed by atoms with Crippen LogP contribution in [0, 0.1) is 5.41 Å². The summed E-state index contributed by atoms with van der Waals surface area (Å²) in [4.78, 5) is 23.8. The third kappa shape index (κ3) is 1.96. The first kappa shape index (κ1) is 12.3. The third-order valence-electron chi connectivity index (χ3n) is 3.76. The van der Waals surface area contributed by atoms with Crippen LogP contribution in [0.1, 0.15) is 37.1 Å². The van der Waals surface area contributed by atoms with Crippen molar-refractivity contribution in [3.05, 3.63) is 15.8 Å². The Morgan fingerprint density at radius 2 is 2.37 bits per heavy atom. The summed E-state index contributed by atoms with van der Waals surface area (Å²) in [5.41, 5.74) is 5.38. The lowest BCUT2D eigenvalue weighted by atomic mass is 9.71. The number of hydrogen-bond acceptors (Lipinski definition) is 4. The van der Waals surface area contributed by atoms with Crippen LogP contribution in [0.25, 0.3) is 0 Å². The van der Waals surface area contributed by atoms with E-state index in [-0.39, 0.29) is 17.2 Å². The maximum Gasteiger partial charge on any atom is 0.241 e. The van der Waals surface area contributed by atoms with Gasteiger partial charge in [-0.15, -0.1) is 11.3 Å². The first-order chi connectivity index (χ1) is 8.99. The molecule has 2 amide bonds. The van der Waals surface area contributed by atoms with E-state index in [0.29, 0.717) is 6.42 Å². The van der Waals surface area contributed by atoms with Gasteiger partial charge in [0.05, 0.1) is 16.3 Å². The Kier molecular flexibility index (Phi) is 2.70. The van der Waals surface area contributed by atoms with Crippen molar-refractivity contribution >= 4 is 34.6 Å². The van der Waals surface area contributed by atoms with Gasteiger partial charge in [0.2, 0.25) is 11.8 Å². The van der Waals surface area contributed by atoms with Crippen LogP contribution < -0.4 is 10.7 Å². The summed E-state index contributed by atoms with van der Waals surface area (Å²) < 4.78 is 0. The van der Waals surface area contributed by atoms with E-state index < -0.39 is 0 Å². The number of nitrogens with one attached hydrogen (secondary N) is 2. The topological polar surface area (TPSA) is 70.6 Å². The van der Waals surface area contributed by atoms with Gasteiger partial charge in [-0.25, -0.2) is 5.43 Å². The Labute approximate surface area is 115 Å². The molecule has 1 aliphatic carbocycles. The molecular formula is C13H15N3O2S. The van der Waals surface area contributed by atoms with Crippen molar-refractivity contribution in [3.8, 4) is 0 Å². The largest absolute Gasteiger partial charge is 0.325 e. The van der Waals surface area contributed by atoms with Gasteiger partial charge in [0.25, 0.3) is 0 Å². The number of thiophene rings is 1. The molecule has 19 heavy (non-hydrogen) atoms. The molecule has 2 aliphatic rings. The first-order valence-electron chi connectivity index (χ1n) is 6.25. The Morgan fingerprint density at radius 1 is 1.58 bits per heavy atom. The highest BCUT2D eigenvalue weighted by Gasteiger charge is 2.42. The van der Waals surface area contributed by atoms with Crippen molar-refractivity contribution in [1.29, 1.82) is 0 Å². The van der Waals surface area contributed by atoms with E-state index in [9.17, 15) is 9.59 Å². The van der Waals surface area contributed by atoms with Gasteiger partial charge in [-0.1, -0.05) is 6.92 Å². The second kappa shape index (κ2) is 4.16. The number of hydrogen-bond donors (Lipinski definition) is 2. The SMILES string of the molecule is CC(=O)Nc1csc2c1CCC1(C)CC(=O)NN=C21. The van der Waals surface area contributed by atoms with Crippen molar-refractivity contribution in [3.63, 3.8) is 0 Å². The number of rotatable bonds is 1. The van der Waals surface area contributed by atoms with Gasteiger partial charge in [0.15, 0.2) is 0 Å². The monoisotopic (exact) mass is 277 g/mol. The lowest BCUT2D eigenvalue weighted by molar-refractivity contribution is -0.123. The van der Waals surface area contributed by atoms with E-state index in [1.807, 2.05) is 5.38 Å². The van der Waals surface area contributed by atoms with Crippen LogP contribution in [-0.2, 0) is 16.0 Å². The molecule has 0 radical (unpaired) electrons. The summed E-state index contributed by atoms with van der Waals surface area (Å²) >= 11 is 1.58. The van der Waals surface area contributed by atoms with E-state index in [2.05, 4.69) is 22.8 Å². The molecule has 0 saturated heterocycles. The molecule has 1 atom stereocenters. The number of anilines is 1. The number of nitrogens with zero attached hydrogens (tertiary/aromatic N) is 1. The van der Waals surface area contributed by atoms with E-state index >= 15 is 0 Å². The number of amides is 2. The minimum absolute atomic E-state index is 0.0201. The lowest BCUT2D eigenvalue weighted by Gasteiger charge is -2.36. The summed E-state index contributed by atoms with van der Waals surface area (Å²) in [6, 6.07) is 0. The zero-order valence-corrected chi connectivity index (χ0v) is 11.7. The predicted octanol–water partition coefficient (Wildman–Crippen LogP) is 1.88. The quantitative estimate of drug-likeness (QED) is 0.823. The molecule has 1 unspecified atom stereocenters. The third-order valence-corrected chi connectivity index (χ3v) is 4.79. The molecule has 1 aromatic heterocycles. The molecule has 6 heteroatoms. The van der Waals surface area contributed by atoms with Crippen LogP contribution in [0.5, 0.6) is 0 Å². The molecule has 100 valence electrons. The zero-order chi connectivity index (χ0) is 13.6. The van der Waals surface area contributed by atoms with Crippen LogP contribution in [-0.4, -0.2) is 17.5 Å². The van der Waals surface area contributed by atoms with Crippen LogP contribution in [0.2, 0.25) is 0 Å². The molecule has 5 nitrogen and oxygen atoms in total. The van der Waals surface area contributed by atoms with Crippen LogP contribution in [0.4, 0.5) is 5.69 Å². The maximum atomic E-state index is 11.5. The number of hydrazone groups is 1. The fourth-order valence-electron chi connectivity index (χ4n) is 2.79. The molecule has 0 aromatic carbocycles. The van der Waals surface area contributed by atoms with Gasteiger partial charge in [0, 0.05) is 24.1 Å². The van der Waals surface area contributed by atoms with E-state index in [1.165, 1.54) is 6.92 Å². The Hall–Kier alpha value is -1.69. The molecule has 0 fully saturated rings. The van der Waals surface area contributed by atoms with Gasteiger partial charge in [0.1, 0.15) is 0 Å². The number of fused-ring (bicyclic) bond motifs is 3. The van der Waals surface area contributed by atoms with Crippen LogP contribution in [0.15, 0.2) is 10.5 Å². The number of carbonyl (C=O) groups is 2. The van der Waals surface area contributed by atoms with Crippen molar-refractivity contribution in [1.82, 2.24) is 5.43 Å². The summed E-state index contributed by atoms with van der Waals surface area (Å²) in [7, 11) is 0. The molecule has 3 rings (SSSR count). The first-order valence-corrected chi connectivity index (χ1v) is 7.13. The predicted molar refractivity (Wildman–Crippen MR) is 74.3 cm³/mol. The fraction of sp³-hybridized carbons (Fsp3) is 0.462. The average Bonchev–Trinajstić information content (AvgIpc) is 2.70. The summed E-state index contributed by atoms with van der Waals surface area (Å²) in [6.45, 7) is 3.60. The van der Waals surface area contributed by atoms with E-state index in [1.54, 1.807) is 11.3 Å². The summed E-state index contributed by atoms with van der Waals surface area (Å²) in [6.07, 6.45) is 2.24. The average molecular weight is 277 g/mol. The normalized spacial score (nSPS) is 24.9. The highest BCUT2D eigenvalue weighted by atomic mass is 32.1. The van der Waals surface area contributed by atoms with Gasteiger partial charge in [-0.05, 0) is 18.4 Å². The molecule has 1 aromatic rings. The minimum atomic E-state index is -0.173. The Bertz CT molecular complexity index is 605. The Balaban J connectivity index is 2.04. The molecule has 2 heterocycles. The van der Waals surface area contributed by atoms with Crippen LogP contribution in [0.3, 0.4) is 0 Å². The van der Waals surface area contributed by atoms with Crippen LogP contribution >= 0.6 is 11.3 Å². The summed E-state index contributed by atoms with van der Waals surface area (Å²) in [5, 5.41) is 9.07. The summed E-state index contributed by atoms with van der Waals surface area (Å²) in [5.74, 6) is -0.0823. The molecule has 1 aliphatic heterocycles. The van der Waals surface area contributed by atoms with Gasteiger partial charge >= 0.3 is 0 Å². The van der Waals surface area contributed by atoms with Gasteiger partial charge < -0.3 is 5.32 Å². The van der Waals surface area contributed by atoms with Crippen molar-refractivity contribution in [2.45, 2.75) is 33.1 Å². The number of carbonyl (C=O) groups excluding carboxylic acids is 2. The molecule has 0 bridgehead atoms. The lowest BCUT2D eigenvalue weighted by Crippen LogP contribution is -2.43. The standard InChI is InChI=1S/C13H15N3O2S/c1-7(17)14-9-6-19-11-8(9)3-4-13(2)5-10(18)15-16-12(11)13/h6H,3-5H2,1-2H3,(H,14,17)(H,15,18). The zero-order valence-electron chi connectivity index (χ0n) is 10.9. The highest BCUT2D eigenvalue weighted by molar-refractivity contribution is 7.13. The van der Waals surface area contributed by atoms with Crippen molar-refractivity contribution < 1.29 is 9.59 Å². The molecule has 0 spiro atoms. The van der Waals surface area contributed by atoms with Crippen molar-refractivity contribution in [2.75, 3.05) is 5.32 Å². The smallest absolute Gasteiger partial charge is 0.241 e. The fourth-order valence-corrected chi connectivity index (χ4v) is 3.98. The van der Waals surface area contributed by atoms with Gasteiger partial charge in [-0.3, -0.25) is 9.59 Å². The van der Waals surface area contributed by atoms with Gasteiger partial charge in [-0.2, -0.15) is 5.10 Å². The minimum Gasteiger partial charge on any atom is -0.325 e.